The standard InChI is InChI=1S/C24H29FN2.2C2H6/c1-16(2)17-9-11-18(12-10-17)23-22-20(13-14-27(23)15-24(3,4)25)19-7-5-6-8-21(19)26-22;2*1-2/h5-12,16,23,26H,13-15H2,1-4H3;2*1-2H3. The lowest BCUT2D eigenvalue weighted by atomic mass is 9.90. The summed E-state index contributed by atoms with van der Waals surface area (Å²) in [6.45, 7) is 17.1. The van der Waals surface area contributed by atoms with Gasteiger partial charge in [0.05, 0.1) is 6.04 Å². The average molecular weight is 425 g/mol. The van der Waals surface area contributed by atoms with Crippen LogP contribution in [0.2, 0.25) is 0 Å². The third-order valence-electron chi connectivity index (χ3n) is 5.63. The number of nitrogens with one attached hydrogen (secondary N) is 1. The van der Waals surface area contributed by atoms with Crippen LogP contribution in [0.25, 0.3) is 10.9 Å². The van der Waals surface area contributed by atoms with Crippen molar-refractivity contribution in [1.29, 1.82) is 0 Å². The van der Waals surface area contributed by atoms with Gasteiger partial charge < -0.3 is 4.98 Å². The van der Waals surface area contributed by atoms with Crippen LogP contribution in [0.4, 0.5) is 4.39 Å². The van der Waals surface area contributed by atoms with Crippen LogP contribution in [0.3, 0.4) is 0 Å². The molecule has 2 heterocycles. The largest absolute Gasteiger partial charge is 0.357 e. The van der Waals surface area contributed by atoms with Crippen LogP contribution in [0.5, 0.6) is 0 Å². The molecule has 1 N–H and O–H groups in total. The molecule has 0 bridgehead atoms. The first kappa shape index (κ1) is 25.1. The number of H-pyrrole nitrogens is 1. The lowest BCUT2D eigenvalue weighted by Gasteiger charge is -2.38. The lowest BCUT2D eigenvalue weighted by molar-refractivity contribution is 0.0988. The maximum absolute atomic E-state index is 14.6. The van der Waals surface area contributed by atoms with Crippen molar-refractivity contribution in [2.24, 2.45) is 0 Å². The Hall–Kier alpha value is -2.13. The molecule has 0 saturated carbocycles. The van der Waals surface area contributed by atoms with Gasteiger partial charge in [-0.3, -0.25) is 4.90 Å². The molecule has 3 aromatic rings. The molecule has 0 amide bonds. The van der Waals surface area contributed by atoms with Crippen molar-refractivity contribution in [3.05, 3.63) is 70.9 Å². The summed E-state index contributed by atoms with van der Waals surface area (Å²) in [6, 6.07) is 17.4. The summed E-state index contributed by atoms with van der Waals surface area (Å²) in [4.78, 5) is 5.95. The van der Waals surface area contributed by atoms with E-state index in [4.69, 9.17) is 0 Å². The molecule has 0 radical (unpaired) electrons. The minimum absolute atomic E-state index is 0.0670. The first-order chi connectivity index (χ1) is 14.8. The monoisotopic (exact) mass is 424 g/mol. The second-order valence-corrected chi connectivity index (χ2v) is 8.73. The number of benzene rings is 2. The smallest absolute Gasteiger partial charge is 0.118 e. The van der Waals surface area contributed by atoms with E-state index in [0.717, 1.165) is 13.0 Å². The minimum Gasteiger partial charge on any atom is -0.357 e. The number of fused-ring (bicyclic) bond motifs is 3. The maximum atomic E-state index is 14.6. The summed E-state index contributed by atoms with van der Waals surface area (Å²) >= 11 is 0. The van der Waals surface area contributed by atoms with Crippen LogP contribution < -0.4 is 0 Å². The molecule has 170 valence electrons. The van der Waals surface area contributed by atoms with E-state index in [1.807, 2.05) is 27.7 Å². The topological polar surface area (TPSA) is 19.0 Å². The van der Waals surface area contributed by atoms with E-state index in [1.165, 1.54) is 33.3 Å². The fourth-order valence-corrected chi connectivity index (χ4v) is 4.38. The van der Waals surface area contributed by atoms with Gasteiger partial charge in [0.1, 0.15) is 5.67 Å². The van der Waals surface area contributed by atoms with Gasteiger partial charge in [-0.2, -0.15) is 0 Å². The summed E-state index contributed by atoms with van der Waals surface area (Å²) in [7, 11) is 0. The maximum Gasteiger partial charge on any atom is 0.118 e. The molecule has 31 heavy (non-hydrogen) atoms. The molecular weight excluding hydrogens is 383 g/mol. The molecule has 2 nitrogen and oxygen atoms in total. The Morgan fingerprint density at radius 3 is 2.19 bits per heavy atom. The molecule has 0 aliphatic carbocycles. The Balaban J connectivity index is 0.000000807. The zero-order valence-corrected chi connectivity index (χ0v) is 20.7. The van der Waals surface area contributed by atoms with Crippen LogP contribution in [0.15, 0.2) is 48.5 Å². The molecule has 0 saturated heterocycles. The first-order valence-electron chi connectivity index (χ1n) is 12.0. The molecule has 1 aromatic heterocycles. The van der Waals surface area contributed by atoms with E-state index in [0.29, 0.717) is 12.5 Å². The molecule has 3 heteroatoms. The Morgan fingerprint density at radius 2 is 1.61 bits per heavy atom. The number of hydrogen-bond donors (Lipinski definition) is 1. The van der Waals surface area contributed by atoms with Crippen molar-refractivity contribution in [3.8, 4) is 0 Å². The minimum atomic E-state index is -1.22. The highest BCUT2D eigenvalue weighted by atomic mass is 19.1. The Labute approximate surface area is 188 Å². The van der Waals surface area contributed by atoms with Crippen molar-refractivity contribution in [2.45, 2.75) is 79.4 Å². The second-order valence-electron chi connectivity index (χ2n) is 8.73. The van der Waals surface area contributed by atoms with Crippen molar-refractivity contribution >= 4 is 10.9 Å². The predicted molar refractivity (Wildman–Crippen MR) is 134 cm³/mol. The van der Waals surface area contributed by atoms with Crippen molar-refractivity contribution < 1.29 is 4.39 Å². The number of para-hydroxylation sites is 1. The molecular formula is C28H41FN2. The quantitative estimate of drug-likeness (QED) is 0.449. The van der Waals surface area contributed by atoms with Crippen LogP contribution in [-0.4, -0.2) is 28.6 Å². The average Bonchev–Trinajstić information content (AvgIpc) is 3.14. The van der Waals surface area contributed by atoms with Crippen molar-refractivity contribution in [1.82, 2.24) is 9.88 Å². The Morgan fingerprint density at radius 1 is 1.00 bits per heavy atom. The number of hydrogen-bond acceptors (Lipinski definition) is 1. The van der Waals surface area contributed by atoms with Crippen LogP contribution in [-0.2, 0) is 6.42 Å². The molecule has 1 unspecified atom stereocenters. The number of alkyl halides is 1. The van der Waals surface area contributed by atoms with E-state index < -0.39 is 5.67 Å². The van der Waals surface area contributed by atoms with Gasteiger partial charge in [-0.25, -0.2) is 4.39 Å². The third kappa shape index (κ3) is 5.77. The lowest BCUT2D eigenvalue weighted by Crippen LogP contribution is -2.42. The number of rotatable bonds is 4. The molecule has 1 aliphatic heterocycles. The van der Waals surface area contributed by atoms with Crippen molar-refractivity contribution in [3.63, 3.8) is 0 Å². The Kier molecular flexibility index (Phi) is 8.88. The number of nitrogens with zero attached hydrogens (tertiary/aromatic N) is 1. The number of aromatic nitrogens is 1. The van der Waals surface area contributed by atoms with E-state index in [1.54, 1.807) is 13.8 Å². The highest BCUT2D eigenvalue weighted by Crippen LogP contribution is 2.39. The summed E-state index contributed by atoms with van der Waals surface area (Å²) in [6.07, 6.45) is 0.954. The van der Waals surface area contributed by atoms with Crippen molar-refractivity contribution in [2.75, 3.05) is 13.1 Å². The van der Waals surface area contributed by atoms with Gasteiger partial charge in [-0.15, -0.1) is 0 Å². The first-order valence-corrected chi connectivity index (χ1v) is 12.0. The fourth-order valence-electron chi connectivity index (χ4n) is 4.38. The normalized spacial score (nSPS) is 16.3. The zero-order chi connectivity index (χ0) is 23.2. The summed E-state index contributed by atoms with van der Waals surface area (Å²) in [5.74, 6) is 0.509. The number of halogens is 1. The SMILES string of the molecule is CC.CC.CC(C)c1ccc(C2c3[nH]c4ccccc4c3CCN2CC(C)(C)F)cc1. The summed E-state index contributed by atoms with van der Waals surface area (Å²) in [5.41, 5.74) is 5.13. The van der Waals surface area contributed by atoms with E-state index in [9.17, 15) is 4.39 Å². The summed E-state index contributed by atoms with van der Waals surface area (Å²) < 4.78 is 14.6. The van der Waals surface area contributed by atoms with Gasteiger partial charge in [0.2, 0.25) is 0 Å². The van der Waals surface area contributed by atoms with Gasteiger partial charge in [0, 0.05) is 29.7 Å². The van der Waals surface area contributed by atoms with E-state index in [2.05, 4.69) is 72.3 Å². The second kappa shape index (κ2) is 10.9. The van der Waals surface area contributed by atoms with E-state index in [-0.39, 0.29) is 6.04 Å². The van der Waals surface area contributed by atoms with Crippen LogP contribution in [0.1, 0.15) is 89.7 Å². The third-order valence-corrected chi connectivity index (χ3v) is 5.63. The van der Waals surface area contributed by atoms with Gasteiger partial charge in [-0.05, 0) is 48.9 Å². The van der Waals surface area contributed by atoms with Gasteiger partial charge in [0.15, 0.2) is 0 Å². The predicted octanol–water partition coefficient (Wildman–Crippen LogP) is 8.04. The van der Waals surface area contributed by atoms with Crippen LogP contribution >= 0.6 is 0 Å². The molecule has 1 aliphatic rings. The summed E-state index contributed by atoms with van der Waals surface area (Å²) in [5, 5.41) is 1.30. The number of aromatic amines is 1. The Bertz CT molecular complexity index is 932. The van der Waals surface area contributed by atoms with E-state index >= 15 is 0 Å². The highest BCUT2D eigenvalue weighted by molar-refractivity contribution is 5.85. The molecule has 1 atom stereocenters. The molecule has 4 rings (SSSR count). The molecule has 2 aromatic carbocycles. The fraction of sp³-hybridized carbons (Fsp3) is 0.500. The molecule has 0 fully saturated rings. The van der Waals surface area contributed by atoms with Gasteiger partial charge in [0.25, 0.3) is 0 Å². The molecule has 0 spiro atoms. The van der Waals surface area contributed by atoms with Gasteiger partial charge >= 0.3 is 0 Å². The van der Waals surface area contributed by atoms with Crippen LogP contribution in [0, 0.1) is 0 Å². The highest BCUT2D eigenvalue weighted by Gasteiger charge is 2.34. The van der Waals surface area contributed by atoms with Gasteiger partial charge in [-0.1, -0.05) is 84.0 Å². The zero-order valence-electron chi connectivity index (χ0n) is 20.7.